The molecule has 2 aliphatic heterocycles. The molecule has 4 heterocycles. The number of hydrogen-bond acceptors (Lipinski definition) is 5. The highest BCUT2D eigenvalue weighted by molar-refractivity contribution is 5.95. The lowest BCUT2D eigenvalue weighted by Crippen LogP contribution is -2.47. The van der Waals surface area contributed by atoms with Gasteiger partial charge in [0.1, 0.15) is 5.82 Å². The minimum atomic E-state index is -0.564. The predicted octanol–water partition coefficient (Wildman–Crippen LogP) is 5.02. The summed E-state index contributed by atoms with van der Waals surface area (Å²) in [5, 5.41) is 1.16. The van der Waals surface area contributed by atoms with E-state index in [2.05, 4.69) is 27.9 Å². The number of carbonyl (C=O) groups excluding carboxylic acids is 2. The van der Waals surface area contributed by atoms with E-state index in [1.807, 2.05) is 17.0 Å². The molecule has 1 saturated carbocycles. The van der Waals surface area contributed by atoms with Crippen molar-refractivity contribution in [3.63, 3.8) is 0 Å². The summed E-state index contributed by atoms with van der Waals surface area (Å²) in [6.07, 6.45) is 11.7. The molecule has 2 saturated heterocycles. The average Bonchev–Trinajstić information content (AvgIpc) is 3.52. The molecule has 2 bridgehead atoms. The summed E-state index contributed by atoms with van der Waals surface area (Å²) < 4.78 is 21.0. The Morgan fingerprint density at radius 2 is 1.85 bits per heavy atom. The zero-order valence-corrected chi connectivity index (χ0v) is 23.7. The van der Waals surface area contributed by atoms with Crippen molar-refractivity contribution in [3.8, 4) is 5.69 Å². The summed E-state index contributed by atoms with van der Waals surface area (Å²) in [5.41, 5.74) is 4.03. The average molecular weight is 547 g/mol. The molecule has 0 spiro atoms. The second kappa shape index (κ2) is 11.0. The van der Waals surface area contributed by atoms with Crippen molar-refractivity contribution in [2.45, 2.75) is 46.0 Å². The summed E-state index contributed by atoms with van der Waals surface area (Å²) >= 11 is 0. The monoisotopic (exact) mass is 546 g/mol. The van der Waals surface area contributed by atoms with E-state index in [4.69, 9.17) is 4.74 Å². The van der Waals surface area contributed by atoms with E-state index in [9.17, 15) is 14.0 Å². The number of likely N-dealkylation sites (tertiary alicyclic amines) is 2. The van der Waals surface area contributed by atoms with Gasteiger partial charge in [-0.2, -0.15) is 0 Å². The van der Waals surface area contributed by atoms with Crippen LogP contribution in [0.3, 0.4) is 0 Å². The Morgan fingerprint density at radius 1 is 1.07 bits per heavy atom. The fourth-order valence-electron chi connectivity index (χ4n) is 7.81. The number of amides is 1. The van der Waals surface area contributed by atoms with E-state index in [0.717, 1.165) is 61.5 Å². The Labute approximate surface area is 235 Å². The van der Waals surface area contributed by atoms with Crippen LogP contribution in [0.15, 0.2) is 36.8 Å². The molecule has 3 aromatic rings. The highest BCUT2D eigenvalue weighted by Gasteiger charge is 2.37. The highest BCUT2D eigenvalue weighted by atomic mass is 19.1. The van der Waals surface area contributed by atoms with Crippen molar-refractivity contribution in [2.75, 3.05) is 39.8 Å². The van der Waals surface area contributed by atoms with Gasteiger partial charge in [-0.1, -0.05) is 0 Å². The Kier molecular flexibility index (Phi) is 7.38. The van der Waals surface area contributed by atoms with E-state index < -0.39 is 11.8 Å². The summed E-state index contributed by atoms with van der Waals surface area (Å²) in [4.78, 5) is 33.6. The number of pyridine rings is 1. The first-order valence-electron chi connectivity index (χ1n) is 14.6. The molecule has 0 N–H and O–H groups in total. The Bertz CT molecular complexity index is 1420. The minimum Gasteiger partial charge on any atom is -0.465 e. The van der Waals surface area contributed by atoms with Gasteiger partial charge in [0.2, 0.25) is 5.91 Å². The molecule has 0 radical (unpaired) electrons. The third-order valence-corrected chi connectivity index (χ3v) is 9.40. The third kappa shape index (κ3) is 5.26. The highest BCUT2D eigenvalue weighted by Crippen LogP contribution is 2.39. The molecule has 6 rings (SSSR count). The van der Waals surface area contributed by atoms with Gasteiger partial charge in [0, 0.05) is 50.9 Å². The summed E-state index contributed by atoms with van der Waals surface area (Å²) in [6, 6.07) is 4.25. The van der Waals surface area contributed by atoms with E-state index in [0.29, 0.717) is 23.4 Å². The van der Waals surface area contributed by atoms with Crippen LogP contribution < -0.4 is 0 Å². The molecule has 2 unspecified atom stereocenters. The van der Waals surface area contributed by atoms with E-state index in [-0.39, 0.29) is 11.5 Å². The van der Waals surface area contributed by atoms with Crippen LogP contribution in [-0.2, 0) is 16.0 Å². The first-order valence-corrected chi connectivity index (χ1v) is 14.6. The molecular formula is C32H39FN4O3. The molecule has 1 aromatic carbocycles. The molecule has 1 amide bonds. The van der Waals surface area contributed by atoms with Gasteiger partial charge in [-0.3, -0.25) is 9.78 Å². The van der Waals surface area contributed by atoms with Gasteiger partial charge < -0.3 is 19.1 Å². The van der Waals surface area contributed by atoms with Crippen molar-refractivity contribution < 1.29 is 18.7 Å². The van der Waals surface area contributed by atoms with Crippen LogP contribution in [0.4, 0.5) is 4.39 Å². The first-order chi connectivity index (χ1) is 19.3. The van der Waals surface area contributed by atoms with Crippen LogP contribution >= 0.6 is 0 Å². The zero-order valence-electron chi connectivity index (χ0n) is 23.7. The molecule has 2 aromatic heterocycles. The number of carbonyl (C=O) groups is 2. The molecule has 3 fully saturated rings. The number of hydrogen-bond donors (Lipinski definition) is 0. The van der Waals surface area contributed by atoms with Crippen LogP contribution in [0.5, 0.6) is 0 Å². The lowest BCUT2D eigenvalue weighted by Gasteiger charge is -2.44. The SMILES string of the molecule is COC(=O)c1cc(F)ccc1-n1cc(C[C@@H]2CCN(CC3CC4CC(C3)CN(C(C)=O)C4)C2)c2c(C)cncc21. The maximum Gasteiger partial charge on any atom is 0.340 e. The number of aryl methyl sites for hydroxylation is 1. The van der Waals surface area contributed by atoms with Gasteiger partial charge in [-0.15, -0.1) is 0 Å². The summed E-state index contributed by atoms with van der Waals surface area (Å²) in [6.45, 7) is 9.03. The van der Waals surface area contributed by atoms with Gasteiger partial charge >= 0.3 is 5.97 Å². The topological polar surface area (TPSA) is 67.7 Å². The maximum atomic E-state index is 14.1. The van der Waals surface area contributed by atoms with Crippen molar-refractivity contribution in [3.05, 3.63) is 59.3 Å². The number of ether oxygens (including phenoxy) is 1. The molecule has 3 atom stereocenters. The number of piperidine rings is 1. The Balaban J connectivity index is 1.18. The van der Waals surface area contributed by atoms with Gasteiger partial charge in [0.15, 0.2) is 0 Å². The maximum absolute atomic E-state index is 14.1. The molecular weight excluding hydrogens is 507 g/mol. The van der Waals surface area contributed by atoms with Crippen molar-refractivity contribution >= 4 is 22.8 Å². The van der Waals surface area contributed by atoms with Crippen LogP contribution in [0.2, 0.25) is 0 Å². The van der Waals surface area contributed by atoms with Crippen LogP contribution in [0.25, 0.3) is 16.6 Å². The fraction of sp³-hybridized carbons (Fsp3) is 0.531. The number of halogens is 1. The molecule has 7 nitrogen and oxygen atoms in total. The van der Waals surface area contributed by atoms with Crippen LogP contribution in [0, 0.1) is 36.4 Å². The lowest BCUT2D eigenvalue weighted by atomic mass is 9.72. The Hall–Kier alpha value is -3.26. The Morgan fingerprint density at radius 3 is 2.58 bits per heavy atom. The van der Waals surface area contributed by atoms with E-state index in [1.165, 1.54) is 50.5 Å². The number of rotatable bonds is 6. The number of benzene rings is 1. The quantitative estimate of drug-likeness (QED) is 0.406. The summed E-state index contributed by atoms with van der Waals surface area (Å²) in [7, 11) is 1.31. The normalized spacial score (nSPS) is 24.9. The number of esters is 1. The second-order valence-corrected chi connectivity index (χ2v) is 12.4. The smallest absolute Gasteiger partial charge is 0.340 e. The number of methoxy groups -OCH3 is 1. The van der Waals surface area contributed by atoms with Gasteiger partial charge in [-0.05, 0) is 98.6 Å². The molecule has 8 heteroatoms. The van der Waals surface area contributed by atoms with Crippen molar-refractivity contribution in [1.82, 2.24) is 19.4 Å². The van der Waals surface area contributed by atoms with Crippen LogP contribution in [0.1, 0.15) is 54.1 Å². The molecule has 1 aliphatic carbocycles. The van der Waals surface area contributed by atoms with Gasteiger partial charge in [0.05, 0.1) is 30.1 Å². The third-order valence-electron chi connectivity index (χ3n) is 9.40. The van der Waals surface area contributed by atoms with Crippen LogP contribution in [-0.4, -0.2) is 71.1 Å². The standard InChI is InChI=1S/C32H39FN4O3/c1-20-13-34-14-30-31(20)26(19-37(30)29-5-4-27(33)12-28(29)32(39)40-3)11-22-6-7-35(15-22)16-23-8-24-10-25(9-23)18-36(17-24)21(2)38/h4-5,12-14,19,22-25H,6-11,15-18H2,1-3H3/t22-,23?,24?,25?/m0/s1. The molecule has 3 aliphatic rings. The predicted molar refractivity (Wildman–Crippen MR) is 152 cm³/mol. The lowest BCUT2D eigenvalue weighted by molar-refractivity contribution is -0.133. The zero-order chi connectivity index (χ0) is 28.0. The van der Waals surface area contributed by atoms with Crippen molar-refractivity contribution in [1.29, 1.82) is 0 Å². The van der Waals surface area contributed by atoms with Crippen molar-refractivity contribution in [2.24, 2.45) is 23.7 Å². The second-order valence-electron chi connectivity index (χ2n) is 12.4. The summed E-state index contributed by atoms with van der Waals surface area (Å²) in [5.74, 6) is 1.78. The van der Waals surface area contributed by atoms with E-state index in [1.54, 1.807) is 13.0 Å². The number of fused-ring (bicyclic) bond motifs is 3. The number of aromatic nitrogens is 2. The molecule has 40 heavy (non-hydrogen) atoms. The van der Waals surface area contributed by atoms with Gasteiger partial charge in [-0.25, -0.2) is 9.18 Å². The van der Waals surface area contributed by atoms with Gasteiger partial charge in [0.25, 0.3) is 0 Å². The molecule has 212 valence electrons. The van der Waals surface area contributed by atoms with E-state index >= 15 is 0 Å². The number of nitrogens with zero attached hydrogens (tertiary/aromatic N) is 4. The largest absolute Gasteiger partial charge is 0.465 e. The minimum absolute atomic E-state index is 0.197. The fourth-order valence-corrected chi connectivity index (χ4v) is 7.81. The first kappa shape index (κ1) is 26.9.